The first-order chi connectivity index (χ1) is 13.0. The van der Waals surface area contributed by atoms with Gasteiger partial charge in [0.2, 0.25) is 5.88 Å². The predicted molar refractivity (Wildman–Crippen MR) is 109 cm³/mol. The van der Waals surface area contributed by atoms with Gasteiger partial charge in [-0.2, -0.15) is 0 Å². The van der Waals surface area contributed by atoms with E-state index in [4.69, 9.17) is 23.8 Å². The number of halogens is 1. The molecule has 0 radical (unpaired) electrons. The van der Waals surface area contributed by atoms with Crippen molar-refractivity contribution in [2.75, 3.05) is 6.54 Å². The van der Waals surface area contributed by atoms with E-state index in [2.05, 4.69) is 22.2 Å². The van der Waals surface area contributed by atoms with Gasteiger partial charge in [0.05, 0.1) is 6.04 Å². The fraction of sp³-hybridized carbons (Fsp3) is 0.368. The number of nitrogens with zero attached hydrogens (tertiary/aromatic N) is 1. The Morgan fingerprint density at radius 2 is 2.19 bits per heavy atom. The lowest BCUT2D eigenvalue weighted by atomic mass is 9.95. The van der Waals surface area contributed by atoms with Gasteiger partial charge < -0.3 is 15.4 Å². The van der Waals surface area contributed by atoms with Crippen LogP contribution >= 0.6 is 23.8 Å². The first-order valence-corrected chi connectivity index (χ1v) is 9.89. The summed E-state index contributed by atoms with van der Waals surface area (Å²) in [4.78, 5) is 18.8. The molecule has 8 heteroatoms. The maximum absolute atomic E-state index is 12.7. The highest BCUT2D eigenvalue weighted by atomic mass is 35.5. The minimum absolute atomic E-state index is 0.0701. The monoisotopic (exact) mass is 404 g/mol. The van der Waals surface area contributed by atoms with Crippen LogP contribution in [0.5, 0.6) is 5.88 Å². The van der Waals surface area contributed by atoms with Crippen LogP contribution in [0, 0.1) is 4.77 Å². The number of fused-ring (bicyclic) bond motifs is 3. The lowest BCUT2D eigenvalue weighted by Gasteiger charge is -2.25. The second-order valence-electron chi connectivity index (χ2n) is 6.85. The molecule has 0 fully saturated rings. The van der Waals surface area contributed by atoms with Gasteiger partial charge in [-0.3, -0.25) is 14.3 Å². The topological polar surface area (TPSA) is 85.8 Å². The highest BCUT2D eigenvalue weighted by Gasteiger charge is 2.30. The Bertz CT molecular complexity index is 1130. The predicted octanol–water partition coefficient (Wildman–Crippen LogP) is 3.78. The summed E-state index contributed by atoms with van der Waals surface area (Å²) in [5, 5.41) is 16.0. The number of aromatic amines is 2. The molecule has 3 heterocycles. The Kier molecular flexibility index (Phi) is 4.84. The number of benzene rings is 1. The Hall–Kier alpha value is -2.09. The average Bonchev–Trinajstić information content (AvgIpc) is 3.00. The molecule has 4 N–H and O–H groups in total. The van der Waals surface area contributed by atoms with Crippen molar-refractivity contribution in [3.05, 3.63) is 55.2 Å². The molecule has 0 unspecified atom stereocenters. The third-order valence-corrected chi connectivity index (χ3v) is 5.70. The van der Waals surface area contributed by atoms with Crippen LogP contribution in [0.2, 0.25) is 5.02 Å². The van der Waals surface area contributed by atoms with Crippen molar-refractivity contribution in [1.82, 2.24) is 19.9 Å². The van der Waals surface area contributed by atoms with Crippen LogP contribution in [0.4, 0.5) is 0 Å². The maximum Gasteiger partial charge on any atom is 0.260 e. The number of hydrogen-bond donors (Lipinski definition) is 4. The van der Waals surface area contributed by atoms with Crippen LogP contribution in [-0.4, -0.2) is 26.2 Å². The zero-order valence-corrected chi connectivity index (χ0v) is 16.5. The first kappa shape index (κ1) is 18.3. The lowest BCUT2D eigenvalue weighted by Crippen LogP contribution is -2.35. The summed E-state index contributed by atoms with van der Waals surface area (Å²) >= 11 is 11.4. The van der Waals surface area contributed by atoms with E-state index < -0.39 is 6.04 Å². The molecule has 1 aromatic carbocycles. The summed E-state index contributed by atoms with van der Waals surface area (Å²) in [6, 6.07) is 5.27. The van der Waals surface area contributed by atoms with E-state index >= 15 is 0 Å². The van der Waals surface area contributed by atoms with Crippen molar-refractivity contribution in [1.29, 1.82) is 0 Å². The van der Waals surface area contributed by atoms with E-state index in [0.29, 0.717) is 23.7 Å². The second kappa shape index (κ2) is 7.14. The molecule has 0 saturated carbocycles. The van der Waals surface area contributed by atoms with Crippen molar-refractivity contribution in [2.45, 2.75) is 38.8 Å². The van der Waals surface area contributed by atoms with Gasteiger partial charge in [-0.15, -0.1) is 0 Å². The van der Waals surface area contributed by atoms with Crippen molar-refractivity contribution in [2.24, 2.45) is 0 Å². The van der Waals surface area contributed by atoms with Gasteiger partial charge in [0, 0.05) is 34.7 Å². The number of aromatic nitrogens is 3. The van der Waals surface area contributed by atoms with Gasteiger partial charge in [-0.25, -0.2) is 0 Å². The Morgan fingerprint density at radius 1 is 1.37 bits per heavy atom. The van der Waals surface area contributed by atoms with E-state index in [1.165, 1.54) is 0 Å². The molecule has 4 rings (SSSR count). The second-order valence-corrected chi connectivity index (χ2v) is 7.67. The van der Waals surface area contributed by atoms with Crippen LogP contribution in [0.3, 0.4) is 0 Å². The Balaban J connectivity index is 1.90. The van der Waals surface area contributed by atoms with Gasteiger partial charge in [-0.05, 0) is 48.8 Å². The fourth-order valence-corrected chi connectivity index (χ4v) is 4.25. The zero-order valence-electron chi connectivity index (χ0n) is 14.9. The number of nitrogens with one attached hydrogen (secondary N) is 3. The van der Waals surface area contributed by atoms with E-state index in [0.717, 1.165) is 41.4 Å². The number of aromatic hydroxyl groups is 1. The smallest absolute Gasteiger partial charge is 0.260 e. The first-order valence-electron chi connectivity index (χ1n) is 9.10. The minimum atomic E-state index is -0.438. The Morgan fingerprint density at radius 3 is 2.96 bits per heavy atom. The van der Waals surface area contributed by atoms with Gasteiger partial charge in [0.1, 0.15) is 5.56 Å². The Labute approximate surface area is 166 Å². The molecule has 142 valence electrons. The van der Waals surface area contributed by atoms with Crippen LogP contribution < -0.4 is 10.9 Å². The molecule has 1 aliphatic heterocycles. The molecule has 2 aromatic heterocycles. The molecule has 0 bridgehead atoms. The van der Waals surface area contributed by atoms with Gasteiger partial charge in [0.25, 0.3) is 5.56 Å². The van der Waals surface area contributed by atoms with E-state index in [1.807, 2.05) is 18.2 Å². The molecule has 3 aromatic rings. The third-order valence-electron chi connectivity index (χ3n) is 5.14. The molecular weight excluding hydrogens is 384 g/mol. The minimum Gasteiger partial charge on any atom is -0.494 e. The summed E-state index contributed by atoms with van der Waals surface area (Å²) in [5.41, 5.74) is 2.90. The summed E-state index contributed by atoms with van der Waals surface area (Å²) in [6.07, 6.45) is 2.64. The molecule has 0 amide bonds. The highest BCUT2D eigenvalue weighted by molar-refractivity contribution is 7.71. The fourth-order valence-electron chi connectivity index (χ4n) is 3.81. The summed E-state index contributed by atoms with van der Waals surface area (Å²) in [6.45, 7) is 3.32. The molecule has 6 nitrogen and oxygen atoms in total. The standard InChI is InChI=1S/C19H21ClN4O2S/c1-2-3-8-24-18(26)14(17(25)23-19(24)27)16-15-11(6-7-21-16)12-9-10(20)4-5-13(12)22-15/h4-5,9,16,21-22,26H,2-3,6-8H2,1H3,(H,23,25,27)/t16-/m0/s1. The van der Waals surface area contributed by atoms with Crippen molar-refractivity contribution in [3.8, 4) is 5.88 Å². The van der Waals surface area contributed by atoms with Gasteiger partial charge >= 0.3 is 0 Å². The van der Waals surface area contributed by atoms with Gasteiger partial charge in [-0.1, -0.05) is 24.9 Å². The number of rotatable bonds is 4. The van der Waals surface area contributed by atoms with E-state index in [-0.39, 0.29) is 16.2 Å². The van der Waals surface area contributed by atoms with Crippen LogP contribution in [0.1, 0.15) is 42.6 Å². The molecule has 0 saturated heterocycles. The molecule has 27 heavy (non-hydrogen) atoms. The van der Waals surface area contributed by atoms with Crippen molar-refractivity contribution in [3.63, 3.8) is 0 Å². The molecule has 1 aliphatic rings. The quantitative estimate of drug-likeness (QED) is 0.498. The number of H-pyrrole nitrogens is 2. The summed E-state index contributed by atoms with van der Waals surface area (Å²) in [5.74, 6) is -0.0701. The molecule has 0 aliphatic carbocycles. The van der Waals surface area contributed by atoms with Gasteiger partial charge in [0.15, 0.2) is 4.77 Å². The SMILES string of the molecule is CCCCn1c(O)c([C@@H]2NCCc3c2[nH]c2ccc(Cl)cc32)c(=O)[nH]c1=S. The molecular formula is C19H21ClN4O2S. The maximum atomic E-state index is 12.7. The largest absolute Gasteiger partial charge is 0.494 e. The third kappa shape index (κ3) is 3.09. The van der Waals surface area contributed by atoms with E-state index in [1.54, 1.807) is 4.57 Å². The summed E-state index contributed by atoms with van der Waals surface area (Å²) in [7, 11) is 0. The molecule has 0 spiro atoms. The zero-order chi connectivity index (χ0) is 19.1. The number of unbranched alkanes of at least 4 members (excludes halogenated alkanes) is 1. The van der Waals surface area contributed by atoms with Crippen molar-refractivity contribution < 1.29 is 5.11 Å². The van der Waals surface area contributed by atoms with E-state index in [9.17, 15) is 9.90 Å². The molecule has 1 atom stereocenters. The normalized spacial score (nSPS) is 16.6. The van der Waals surface area contributed by atoms with Crippen LogP contribution in [0.25, 0.3) is 10.9 Å². The van der Waals surface area contributed by atoms with Crippen molar-refractivity contribution >= 4 is 34.7 Å². The average molecular weight is 405 g/mol. The number of hydrogen-bond acceptors (Lipinski definition) is 4. The van der Waals surface area contributed by atoms with Crippen LogP contribution in [-0.2, 0) is 13.0 Å². The van der Waals surface area contributed by atoms with Crippen LogP contribution in [0.15, 0.2) is 23.0 Å². The summed E-state index contributed by atoms with van der Waals surface area (Å²) < 4.78 is 1.85. The highest BCUT2D eigenvalue weighted by Crippen LogP contribution is 2.36. The lowest BCUT2D eigenvalue weighted by molar-refractivity contribution is 0.382.